The summed E-state index contributed by atoms with van der Waals surface area (Å²) in [5, 5.41) is 3.33. The van der Waals surface area contributed by atoms with E-state index in [2.05, 4.69) is 17.3 Å². The maximum absolute atomic E-state index is 4.22. The zero-order chi connectivity index (χ0) is 7.98. The van der Waals surface area contributed by atoms with E-state index in [1.54, 1.807) is 11.8 Å². The van der Waals surface area contributed by atoms with Crippen LogP contribution in [0.3, 0.4) is 0 Å². The maximum atomic E-state index is 4.22. The lowest BCUT2D eigenvalue weighted by atomic mass is 10.4. The fourth-order valence-corrected chi connectivity index (χ4v) is 1.08. The molecule has 0 amide bonds. The molecule has 0 spiro atoms. The first kappa shape index (κ1) is 9.76. The Morgan fingerprint density at radius 2 is 2.00 bits per heavy atom. The molecule has 0 aliphatic carbocycles. The molecule has 1 aliphatic heterocycles. The van der Waals surface area contributed by atoms with Gasteiger partial charge in [-0.3, -0.25) is 4.99 Å². The second kappa shape index (κ2) is 5.54. The predicted molar refractivity (Wildman–Crippen MR) is 50.7 cm³/mol. The Hall–Kier alpha value is -0.240. The first-order valence-electron chi connectivity index (χ1n) is 3.62. The molecule has 0 aromatic carbocycles. The molecule has 1 aliphatic rings. The smallest absolute Gasteiger partial charge is 0.0690 e. The van der Waals surface area contributed by atoms with Crippen LogP contribution in [0.1, 0.15) is 27.7 Å². The van der Waals surface area contributed by atoms with E-state index in [1.165, 1.54) is 10.6 Å². The number of rotatable bonds is 0. The molecule has 0 saturated carbocycles. The summed E-state index contributed by atoms with van der Waals surface area (Å²) in [7, 11) is 0. The van der Waals surface area contributed by atoms with Crippen molar-refractivity contribution in [3.8, 4) is 0 Å². The van der Waals surface area contributed by atoms with Crippen molar-refractivity contribution in [1.82, 2.24) is 0 Å². The van der Waals surface area contributed by atoms with Gasteiger partial charge in [0.25, 0.3) is 0 Å². The Morgan fingerprint density at radius 1 is 1.40 bits per heavy atom. The zero-order valence-corrected chi connectivity index (χ0v) is 7.96. The van der Waals surface area contributed by atoms with Crippen LogP contribution in [0.5, 0.6) is 0 Å². The van der Waals surface area contributed by atoms with Gasteiger partial charge in [-0.1, -0.05) is 25.6 Å². The van der Waals surface area contributed by atoms with Crippen molar-refractivity contribution in [2.24, 2.45) is 4.99 Å². The van der Waals surface area contributed by atoms with Gasteiger partial charge >= 0.3 is 0 Å². The Balaban J connectivity index is 0.000000371. The fraction of sp³-hybridized carbons (Fsp3) is 0.625. The van der Waals surface area contributed by atoms with E-state index in [0.29, 0.717) is 0 Å². The molecule has 1 heterocycles. The van der Waals surface area contributed by atoms with E-state index in [-0.39, 0.29) is 0 Å². The van der Waals surface area contributed by atoms with Crippen LogP contribution in [-0.2, 0) is 0 Å². The van der Waals surface area contributed by atoms with E-state index in [0.717, 1.165) is 6.54 Å². The number of hydrogen-bond donors (Lipinski definition) is 0. The van der Waals surface area contributed by atoms with Gasteiger partial charge in [-0.15, -0.1) is 0 Å². The Bertz CT molecular complexity index is 129. The van der Waals surface area contributed by atoms with Crippen molar-refractivity contribution in [3.63, 3.8) is 0 Å². The lowest BCUT2D eigenvalue weighted by Crippen LogP contribution is -1.93. The van der Waals surface area contributed by atoms with E-state index in [1.807, 2.05) is 20.8 Å². The zero-order valence-electron chi connectivity index (χ0n) is 7.14. The number of nitrogens with zero attached hydrogens (tertiary/aromatic N) is 1. The maximum Gasteiger partial charge on any atom is 0.0690 e. The highest BCUT2D eigenvalue weighted by Crippen LogP contribution is 2.14. The number of thioether (sulfide) groups is 1. The summed E-state index contributed by atoms with van der Waals surface area (Å²) in [5.41, 5.74) is 1.36. The standard InChI is InChI=1S/C6H9NS.C2H6/c1-5-3-7-6(2)8-4-5;1-2/h4H,3H2,1-2H3;1-2H3. The SMILES string of the molecule is CC.CC1=CSC(C)=NC1. The lowest BCUT2D eigenvalue weighted by molar-refractivity contribution is 1.14. The highest BCUT2D eigenvalue weighted by atomic mass is 32.2. The molecule has 1 rings (SSSR count). The summed E-state index contributed by atoms with van der Waals surface area (Å²) in [6.07, 6.45) is 0. The summed E-state index contributed by atoms with van der Waals surface area (Å²) in [6, 6.07) is 0. The molecular formula is C8H15NS. The van der Waals surface area contributed by atoms with Gasteiger partial charge in [0.05, 0.1) is 11.6 Å². The molecule has 0 aromatic heterocycles. The Labute approximate surface area is 67.6 Å². The van der Waals surface area contributed by atoms with Gasteiger partial charge in [-0.05, 0) is 24.8 Å². The van der Waals surface area contributed by atoms with Crippen LogP contribution in [0.15, 0.2) is 16.0 Å². The second-order valence-electron chi connectivity index (χ2n) is 1.92. The normalized spacial score (nSPS) is 16.4. The average Bonchev–Trinajstić information content (AvgIpc) is 2.00. The average molecular weight is 157 g/mol. The van der Waals surface area contributed by atoms with Crippen molar-refractivity contribution in [3.05, 3.63) is 11.0 Å². The lowest BCUT2D eigenvalue weighted by Gasteiger charge is -2.03. The molecule has 0 aromatic rings. The molecule has 10 heavy (non-hydrogen) atoms. The Kier molecular flexibility index (Phi) is 5.40. The molecule has 1 nitrogen and oxygen atoms in total. The van der Waals surface area contributed by atoms with Gasteiger partial charge in [0.15, 0.2) is 0 Å². The summed E-state index contributed by atoms with van der Waals surface area (Å²) in [4.78, 5) is 4.22. The number of aliphatic imine (C=N–C) groups is 1. The summed E-state index contributed by atoms with van der Waals surface area (Å²) < 4.78 is 0. The first-order valence-corrected chi connectivity index (χ1v) is 4.50. The molecule has 0 atom stereocenters. The molecule has 0 bridgehead atoms. The van der Waals surface area contributed by atoms with Gasteiger partial charge in [-0.2, -0.15) is 0 Å². The summed E-state index contributed by atoms with van der Waals surface area (Å²) in [6.45, 7) is 9.04. The first-order chi connectivity index (χ1) is 4.79. The van der Waals surface area contributed by atoms with Crippen molar-refractivity contribution in [1.29, 1.82) is 0 Å². The second-order valence-corrected chi connectivity index (χ2v) is 2.98. The predicted octanol–water partition coefficient (Wildman–Crippen LogP) is 3.08. The van der Waals surface area contributed by atoms with Crippen molar-refractivity contribution in [2.75, 3.05) is 6.54 Å². The molecule has 0 unspecified atom stereocenters. The molecule has 58 valence electrons. The van der Waals surface area contributed by atoms with Crippen molar-refractivity contribution in [2.45, 2.75) is 27.7 Å². The van der Waals surface area contributed by atoms with Gasteiger partial charge in [0.2, 0.25) is 0 Å². The topological polar surface area (TPSA) is 12.4 Å². The van der Waals surface area contributed by atoms with Gasteiger partial charge in [-0.25, -0.2) is 0 Å². The minimum absolute atomic E-state index is 0.902. The van der Waals surface area contributed by atoms with E-state index in [4.69, 9.17) is 0 Å². The summed E-state index contributed by atoms with van der Waals surface area (Å²) >= 11 is 1.71. The van der Waals surface area contributed by atoms with Crippen LogP contribution < -0.4 is 0 Å². The molecule has 0 saturated heterocycles. The van der Waals surface area contributed by atoms with Crippen LogP contribution >= 0.6 is 11.8 Å². The summed E-state index contributed by atoms with van der Waals surface area (Å²) in [5.74, 6) is 0. The van der Waals surface area contributed by atoms with Gasteiger partial charge in [0, 0.05) is 0 Å². The van der Waals surface area contributed by atoms with Gasteiger partial charge in [0.1, 0.15) is 0 Å². The van der Waals surface area contributed by atoms with E-state index >= 15 is 0 Å². The van der Waals surface area contributed by atoms with Crippen LogP contribution in [0.2, 0.25) is 0 Å². The quantitative estimate of drug-likeness (QED) is 0.526. The highest BCUT2D eigenvalue weighted by molar-refractivity contribution is 8.16. The Morgan fingerprint density at radius 3 is 2.30 bits per heavy atom. The van der Waals surface area contributed by atoms with Crippen molar-refractivity contribution < 1.29 is 0 Å². The number of hydrogen-bond acceptors (Lipinski definition) is 2. The minimum Gasteiger partial charge on any atom is -0.278 e. The highest BCUT2D eigenvalue weighted by Gasteiger charge is 1.96. The van der Waals surface area contributed by atoms with Crippen molar-refractivity contribution >= 4 is 16.8 Å². The van der Waals surface area contributed by atoms with Crippen LogP contribution in [0, 0.1) is 0 Å². The van der Waals surface area contributed by atoms with Gasteiger partial charge < -0.3 is 0 Å². The largest absolute Gasteiger partial charge is 0.278 e. The third-order valence-corrected chi connectivity index (χ3v) is 1.97. The third kappa shape index (κ3) is 3.72. The monoisotopic (exact) mass is 157 g/mol. The minimum atomic E-state index is 0.902. The molecule has 0 radical (unpaired) electrons. The molecule has 2 heteroatoms. The molecular weight excluding hydrogens is 142 g/mol. The van der Waals surface area contributed by atoms with Crippen LogP contribution in [-0.4, -0.2) is 11.6 Å². The molecule has 0 fully saturated rings. The third-order valence-electron chi connectivity index (χ3n) is 0.982. The molecule has 0 N–H and O–H groups in total. The van der Waals surface area contributed by atoms with Crippen LogP contribution in [0.4, 0.5) is 0 Å². The van der Waals surface area contributed by atoms with E-state index in [9.17, 15) is 0 Å². The fourth-order valence-electron chi connectivity index (χ4n) is 0.496. The van der Waals surface area contributed by atoms with Crippen LogP contribution in [0.25, 0.3) is 0 Å². The van der Waals surface area contributed by atoms with E-state index < -0.39 is 0 Å².